The van der Waals surface area contributed by atoms with Crippen LogP contribution >= 0.6 is 0 Å². The van der Waals surface area contributed by atoms with Gasteiger partial charge in [0.15, 0.2) is 0 Å². The second-order valence-corrected chi connectivity index (χ2v) is 8.47. The van der Waals surface area contributed by atoms with Gasteiger partial charge in [0.1, 0.15) is 24.0 Å². The highest BCUT2D eigenvalue weighted by molar-refractivity contribution is 5.78. The van der Waals surface area contributed by atoms with Gasteiger partial charge >= 0.3 is 0 Å². The van der Waals surface area contributed by atoms with E-state index >= 15 is 0 Å². The van der Waals surface area contributed by atoms with Gasteiger partial charge in [-0.2, -0.15) is 0 Å². The predicted octanol–water partition coefficient (Wildman–Crippen LogP) is 3.94. The molecule has 4 aromatic rings. The van der Waals surface area contributed by atoms with Crippen molar-refractivity contribution in [3.8, 4) is 22.6 Å². The average Bonchev–Trinajstić information content (AvgIpc) is 3.30. The average molecular weight is 475 g/mol. The summed E-state index contributed by atoms with van der Waals surface area (Å²) in [4.78, 5) is 30.4. The topological polar surface area (TPSA) is 67.2 Å². The zero-order chi connectivity index (χ0) is 24.4. The lowest BCUT2D eigenvalue weighted by molar-refractivity contribution is -0.132. The Bertz CT molecular complexity index is 1330. The van der Waals surface area contributed by atoms with E-state index in [0.717, 1.165) is 5.56 Å². The van der Waals surface area contributed by atoms with Crippen molar-refractivity contribution in [2.75, 3.05) is 31.1 Å². The number of amides is 1. The normalized spacial score (nSPS) is 13.8. The van der Waals surface area contributed by atoms with Gasteiger partial charge in [-0.1, -0.05) is 0 Å². The molecule has 0 N–H and O–H groups in total. The van der Waals surface area contributed by atoms with Crippen LogP contribution in [0.1, 0.15) is 5.56 Å². The van der Waals surface area contributed by atoms with Crippen molar-refractivity contribution in [3.63, 3.8) is 0 Å². The molecule has 1 amide bonds. The number of anilines is 1. The number of piperazine rings is 1. The molecule has 9 heteroatoms. The number of halogens is 2. The molecule has 1 aliphatic heterocycles. The van der Waals surface area contributed by atoms with Gasteiger partial charge in [-0.15, -0.1) is 0 Å². The molecule has 178 valence electrons. The molecule has 0 unspecified atom stereocenters. The first kappa shape index (κ1) is 22.6. The lowest BCUT2D eigenvalue weighted by atomic mass is 10.1. The standard InChI is InChI=1S/C26H24F2N6O/c1-18-15-20(5-8-22(18)28)23-16-34(25(31-23)19-3-6-21(27)7-4-19)17-24(35)32-11-13-33(14-12-32)26-29-9-2-10-30-26/h2-10,15-16H,11-14,17H2,1H3. The van der Waals surface area contributed by atoms with Gasteiger partial charge in [0.25, 0.3) is 0 Å². The Morgan fingerprint density at radius 3 is 2.31 bits per heavy atom. The molecule has 2 aromatic carbocycles. The van der Waals surface area contributed by atoms with E-state index in [1.54, 1.807) is 60.4 Å². The Morgan fingerprint density at radius 1 is 0.943 bits per heavy atom. The summed E-state index contributed by atoms with van der Waals surface area (Å²) in [5.74, 6) is 0.527. The molecule has 1 saturated heterocycles. The number of imidazole rings is 1. The van der Waals surface area contributed by atoms with Crippen LogP contribution in [-0.4, -0.2) is 56.5 Å². The molecular weight excluding hydrogens is 450 g/mol. The number of aromatic nitrogens is 4. The molecular formula is C26H24F2N6O. The summed E-state index contributed by atoms with van der Waals surface area (Å²) in [6.07, 6.45) is 5.20. The summed E-state index contributed by atoms with van der Waals surface area (Å²) in [7, 11) is 0. The minimum atomic E-state index is -0.349. The zero-order valence-corrected chi connectivity index (χ0v) is 19.2. The molecule has 0 saturated carbocycles. The van der Waals surface area contributed by atoms with E-state index < -0.39 is 0 Å². The number of rotatable bonds is 5. The van der Waals surface area contributed by atoms with Crippen LogP contribution in [0, 0.1) is 18.6 Å². The van der Waals surface area contributed by atoms with Gasteiger partial charge in [0, 0.05) is 55.9 Å². The number of benzene rings is 2. The van der Waals surface area contributed by atoms with Crippen LogP contribution in [0.3, 0.4) is 0 Å². The summed E-state index contributed by atoms with van der Waals surface area (Å²) >= 11 is 0. The molecule has 1 aliphatic rings. The monoisotopic (exact) mass is 474 g/mol. The van der Waals surface area contributed by atoms with Crippen molar-refractivity contribution in [2.45, 2.75) is 13.5 Å². The maximum Gasteiger partial charge on any atom is 0.242 e. The predicted molar refractivity (Wildman–Crippen MR) is 129 cm³/mol. The maximum absolute atomic E-state index is 13.8. The Hall–Kier alpha value is -4.14. The summed E-state index contributed by atoms with van der Waals surface area (Å²) in [5, 5.41) is 0. The molecule has 0 radical (unpaired) electrons. The molecule has 7 nitrogen and oxygen atoms in total. The highest BCUT2D eigenvalue weighted by Crippen LogP contribution is 2.27. The van der Waals surface area contributed by atoms with Crippen LogP contribution in [0.15, 0.2) is 67.1 Å². The Kier molecular flexibility index (Phi) is 6.22. The number of hydrogen-bond donors (Lipinski definition) is 0. The molecule has 0 atom stereocenters. The molecule has 35 heavy (non-hydrogen) atoms. The first-order valence-electron chi connectivity index (χ1n) is 11.4. The fraction of sp³-hybridized carbons (Fsp3) is 0.231. The summed E-state index contributed by atoms with van der Waals surface area (Å²) in [6, 6.07) is 12.6. The van der Waals surface area contributed by atoms with E-state index in [0.29, 0.717) is 54.8 Å². The van der Waals surface area contributed by atoms with E-state index in [4.69, 9.17) is 4.98 Å². The SMILES string of the molecule is Cc1cc(-c2cn(CC(=O)N3CCN(c4ncccn4)CC3)c(-c3ccc(F)cc3)n2)ccc1F. The minimum absolute atomic E-state index is 0.0405. The highest BCUT2D eigenvalue weighted by atomic mass is 19.1. The van der Waals surface area contributed by atoms with Crippen molar-refractivity contribution in [1.29, 1.82) is 0 Å². The number of carbonyl (C=O) groups is 1. The Morgan fingerprint density at radius 2 is 1.63 bits per heavy atom. The fourth-order valence-corrected chi connectivity index (χ4v) is 4.16. The van der Waals surface area contributed by atoms with Crippen LogP contribution in [0.5, 0.6) is 0 Å². The molecule has 2 aromatic heterocycles. The number of nitrogens with zero attached hydrogens (tertiary/aromatic N) is 6. The Balaban J connectivity index is 1.38. The van der Waals surface area contributed by atoms with E-state index in [9.17, 15) is 13.6 Å². The van der Waals surface area contributed by atoms with E-state index in [1.165, 1.54) is 18.2 Å². The van der Waals surface area contributed by atoms with Gasteiger partial charge in [-0.25, -0.2) is 23.7 Å². The third-order valence-corrected chi connectivity index (χ3v) is 6.11. The van der Waals surface area contributed by atoms with Crippen molar-refractivity contribution in [3.05, 3.63) is 84.3 Å². The molecule has 1 fully saturated rings. The van der Waals surface area contributed by atoms with Gasteiger partial charge in [-0.3, -0.25) is 4.79 Å². The summed E-state index contributed by atoms with van der Waals surface area (Å²) in [6.45, 7) is 4.18. The third kappa shape index (κ3) is 4.89. The van der Waals surface area contributed by atoms with Crippen molar-refractivity contribution < 1.29 is 13.6 Å². The summed E-state index contributed by atoms with van der Waals surface area (Å²) < 4.78 is 29.1. The van der Waals surface area contributed by atoms with Crippen LogP contribution in [0.2, 0.25) is 0 Å². The van der Waals surface area contributed by atoms with Crippen LogP contribution in [-0.2, 0) is 11.3 Å². The summed E-state index contributed by atoms with van der Waals surface area (Å²) in [5.41, 5.74) is 2.56. The quantitative estimate of drug-likeness (QED) is 0.438. The number of aryl methyl sites for hydroxylation is 1. The second-order valence-electron chi connectivity index (χ2n) is 8.47. The van der Waals surface area contributed by atoms with Gasteiger partial charge in [0.05, 0.1) is 5.69 Å². The molecule has 5 rings (SSSR count). The van der Waals surface area contributed by atoms with Crippen LogP contribution < -0.4 is 4.90 Å². The van der Waals surface area contributed by atoms with Gasteiger partial charge in [0.2, 0.25) is 11.9 Å². The van der Waals surface area contributed by atoms with Gasteiger partial charge in [-0.05, 0) is 61.0 Å². The zero-order valence-electron chi connectivity index (χ0n) is 19.2. The molecule has 0 bridgehead atoms. The van der Waals surface area contributed by atoms with Gasteiger partial charge < -0.3 is 14.4 Å². The smallest absolute Gasteiger partial charge is 0.242 e. The maximum atomic E-state index is 13.8. The lowest BCUT2D eigenvalue weighted by Gasteiger charge is -2.34. The first-order valence-corrected chi connectivity index (χ1v) is 11.4. The number of hydrogen-bond acceptors (Lipinski definition) is 5. The second kappa shape index (κ2) is 9.61. The van der Waals surface area contributed by atoms with Crippen LogP contribution in [0.4, 0.5) is 14.7 Å². The largest absolute Gasteiger partial charge is 0.338 e. The molecule has 0 spiro atoms. The Labute approximate surface area is 201 Å². The minimum Gasteiger partial charge on any atom is -0.338 e. The van der Waals surface area contributed by atoms with Crippen molar-refractivity contribution in [1.82, 2.24) is 24.4 Å². The van der Waals surface area contributed by atoms with Crippen molar-refractivity contribution in [2.24, 2.45) is 0 Å². The van der Waals surface area contributed by atoms with E-state index in [2.05, 4.69) is 14.9 Å². The molecule has 0 aliphatic carbocycles. The van der Waals surface area contributed by atoms with E-state index in [1.807, 2.05) is 4.90 Å². The van der Waals surface area contributed by atoms with Crippen molar-refractivity contribution >= 4 is 11.9 Å². The first-order chi connectivity index (χ1) is 17.0. The third-order valence-electron chi connectivity index (χ3n) is 6.11. The van der Waals surface area contributed by atoms with E-state index in [-0.39, 0.29) is 24.1 Å². The fourth-order valence-electron chi connectivity index (χ4n) is 4.16. The highest BCUT2D eigenvalue weighted by Gasteiger charge is 2.24. The number of carbonyl (C=O) groups excluding carboxylic acids is 1. The lowest BCUT2D eigenvalue weighted by Crippen LogP contribution is -2.50. The van der Waals surface area contributed by atoms with Crippen LogP contribution in [0.25, 0.3) is 22.6 Å². The molecule has 3 heterocycles.